The van der Waals surface area contributed by atoms with Gasteiger partial charge < -0.3 is 19.7 Å². The molecule has 0 atom stereocenters. The van der Waals surface area contributed by atoms with Gasteiger partial charge in [-0.15, -0.1) is 0 Å². The summed E-state index contributed by atoms with van der Waals surface area (Å²) in [6.45, 7) is 4.23. The van der Waals surface area contributed by atoms with E-state index in [-0.39, 0.29) is 11.7 Å². The van der Waals surface area contributed by atoms with Crippen LogP contribution in [0.2, 0.25) is 0 Å². The van der Waals surface area contributed by atoms with Crippen molar-refractivity contribution in [1.29, 1.82) is 0 Å². The second kappa shape index (κ2) is 8.05. The number of fused-ring (bicyclic) bond motifs is 1. The molecule has 1 aliphatic heterocycles. The molecule has 0 unspecified atom stereocenters. The molecule has 0 aliphatic carbocycles. The van der Waals surface area contributed by atoms with Gasteiger partial charge in [-0.25, -0.2) is 4.39 Å². The molecule has 7 heteroatoms. The molecule has 1 amide bonds. The zero-order valence-corrected chi connectivity index (χ0v) is 16.4. The third-order valence-electron chi connectivity index (χ3n) is 5.01. The smallest absolute Gasteiger partial charge is 0.257 e. The molecule has 150 valence electrons. The Hall–Kier alpha value is -3.19. The van der Waals surface area contributed by atoms with E-state index in [9.17, 15) is 9.18 Å². The fourth-order valence-electron chi connectivity index (χ4n) is 3.45. The highest BCUT2D eigenvalue weighted by Crippen LogP contribution is 2.25. The van der Waals surface area contributed by atoms with Gasteiger partial charge in [-0.2, -0.15) is 0 Å². The molecule has 1 saturated heterocycles. The number of halogens is 1. The van der Waals surface area contributed by atoms with Crippen molar-refractivity contribution in [2.45, 2.75) is 6.92 Å². The van der Waals surface area contributed by atoms with Crippen LogP contribution in [0.15, 0.2) is 42.5 Å². The maximum atomic E-state index is 14.6. The van der Waals surface area contributed by atoms with Gasteiger partial charge in [-0.1, -0.05) is 0 Å². The number of aryl methyl sites for hydroxylation is 1. The molecule has 6 nitrogen and oxygen atoms in total. The minimum absolute atomic E-state index is 0.335. The predicted molar refractivity (Wildman–Crippen MR) is 110 cm³/mol. The van der Waals surface area contributed by atoms with Gasteiger partial charge in [0.05, 0.1) is 42.8 Å². The average molecular weight is 395 g/mol. The first kappa shape index (κ1) is 19.1. The molecular formula is C22H22FN3O3. The quantitative estimate of drug-likeness (QED) is 0.728. The second-order valence-corrected chi connectivity index (χ2v) is 6.90. The number of pyridine rings is 1. The minimum Gasteiger partial charge on any atom is -0.497 e. The summed E-state index contributed by atoms with van der Waals surface area (Å²) in [5, 5.41) is 3.57. The van der Waals surface area contributed by atoms with Crippen molar-refractivity contribution in [2.75, 3.05) is 43.6 Å². The molecule has 0 bridgehead atoms. The van der Waals surface area contributed by atoms with Crippen LogP contribution in [0, 0.1) is 12.7 Å². The second-order valence-electron chi connectivity index (χ2n) is 6.90. The van der Waals surface area contributed by atoms with Gasteiger partial charge in [-0.3, -0.25) is 9.78 Å². The normalized spacial score (nSPS) is 14.1. The Balaban J connectivity index is 1.57. The Morgan fingerprint density at radius 1 is 1.17 bits per heavy atom. The summed E-state index contributed by atoms with van der Waals surface area (Å²) in [5.41, 5.74) is 2.73. The Bertz CT molecular complexity index is 1060. The largest absolute Gasteiger partial charge is 0.497 e. The number of aromatic nitrogens is 1. The Kier molecular flexibility index (Phi) is 5.31. The lowest BCUT2D eigenvalue weighted by Gasteiger charge is -2.29. The van der Waals surface area contributed by atoms with E-state index in [4.69, 9.17) is 9.47 Å². The summed E-state index contributed by atoms with van der Waals surface area (Å²) in [7, 11) is 1.59. The summed E-state index contributed by atoms with van der Waals surface area (Å²) in [6, 6.07) is 12.0. The maximum Gasteiger partial charge on any atom is 0.257 e. The van der Waals surface area contributed by atoms with Crippen molar-refractivity contribution >= 4 is 28.2 Å². The van der Waals surface area contributed by atoms with E-state index in [1.54, 1.807) is 32.2 Å². The number of morpholine rings is 1. The van der Waals surface area contributed by atoms with Gasteiger partial charge in [0.15, 0.2) is 0 Å². The Morgan fingerprint density at radius 2 is 1.97 bits per heavy atom. The van der Waals surface area contributed by atoms with Crippen LogP contribution < -0.4 is 15.0 Å². The van der Waals surface area contributed by atoms with Crippen LogP contribution in [0.4, 0.5) is 15.8 Å². The number of carbonyl (C=O) groups is 1. The number of nitrogens with zero attached hydrogens (tertiary/aromatic N) is 2. The van der Waals surface area contributed by atoms with Crippen LogP contribution in [-0.4, -0.2) is 44.3 Å². The highest BCUT2D eigenvalue weighted by Gasteiger charge is 2.17. The number of hydrogen-bond donors (Lipinski definition) is 1. The number of amides is 1. The van der Waals surface area contributed by atoms with E-state index >= 15 is 0 Å². The third kappa shape index (κ3) is 4.00. The van der Waals surface area contributed by atoms with Crippen molar-refractivity contribution in [1.82, 2.24) is 4.98 Å². The van der Waals surface area contributed by atoms with Crippen LogP contribution >= 0.6 is 0 Å². The van der Waals surface area contributed by atoms with Crippen molar-refractivity contribution < 1.29 is 18.7 Å². The predicted octanol–water partition coefficient (Wildman–Crippen LogP) is 3.78. The van der Waals surface area contributed by atoms with Crippen molar-refractivity contribution in [2.24, 2.45) is 0 Å². The zero-order valence-electron chi connectivity index (χ0n) is 16.4. The molecule has 1 aromatic heterocycles. The Labute approximate surface area is 168 Å². The first-order valence-corrected chi connectivity index (χ1v) is 9.44. The van der Waals surface area contributed by atoms with Crippen LogP contribution in [0.25, 0.3) is 10.9 Å². The van der Waals surface area contributed by atoms with Gasteiger partial charge in [0, 0.05) is 24.2 Å². The summed E-state index contributed by atoms with van der Waals surface area (Å²) < 4.78 is 25.1. The van der Waals surface area contributed by atoms with Crippen LogP contribution in [0.5, 0.6) is 5.75 Å². The summed E-state index contributed by atoms with van der Waals surface area (Å²) >= 11 is 0. The standard InChI is InChI=1S/C22H22FN3O3/c1-14-18(12-15-11-17(28-2)4-5-20(15)24-14)22(27)25-16-3-6-21(19(23)13-16)26-7-9-29-10-8-26/h3-6,11-13H,7-10H2,1-2H3,(H,25,27). The number of benzene rings is 2. The van der Waals surface area contributed by atoms with Gasteiger partial charge in [-0.05, 0) is 49.4 Å². The van der Waals surface area contributed by atoms with Gasteiger partial charge in [0.25, 0.3) is 5.91 Å². The van der Waals surface area contributed by atoms with Crippen molar-refractivity contribution in [3.63, 3.8) is 0 Å². The van der Waals surface area contributed by atoms with E-state index in [0.717, 1.165) is 10.9 Å². The SMILES string of the molecule is COc1ccc2nc(C)c(C(=O)Nc3ccc(N4CCOCC4)c(F)c3)cc2c1. The van der Waals surface area contributed by atoms with Crippen molar-refractivity contribution in [3.05, 3.63) is 59.5 Å². The van der Waals surface area contributed by atoms with Gasteiger partial charge >= 0.3 is 0 Å². The molecule has 29 heavy (non-hydrogen) atoms. The van der Waals surface area contributed by atoms with Crippen LogP contribution in [-0.2, 0) is 4.74 Å². The molecule has 2 aromatic carbocycles. The number of nitrogens with one attached hydrogen (secondary N) is 1. The molecule has 0 radical (unpaired) electrons. The number of hydrogen-bond acceptors (Lipinski definition) is 5. The number of carbonyl (C=O) groups excluding carboxylic acids is 1. The fourth-order valence-corrected chi connectivity index (χ4v) is 3.45. The summed E-state index contributed by atoms with van der Waals surface area (Å²) in [5.74, 6) is -0.0173. The minimum atomic E-state index is -0.372. The highest BCUT2D eigenvalue weighted by atomic mass is 19.1. The molecule has 3 aromatic rings. The Morgan fingerprint density at radius 3 is 2.69 bits per heavy atom. The van der Waals surface area contributed by atoms with E-state index in [1.165, 1.54) is 6.07 Å². The summed E-state index contributed by atoms with van der Waals surface area (Å²) in [4.78, 5) is 19.2. The average Bonchev–Trinajstić information content (AvgIpc) is 2.73. The topological polar surface area (TPSA) is 63.7 Å². The van der Waals surface area contributed by atoms with E-state index in [1.807, 2.05) is 23.1 Å². The molecule has 4 rings (SSSR count). The lowest BCUT2D eigenvalue weighted by atomic mass is 10.1. The van der Waals surface area contributed by atoms with Gasteiger partial charge in [0.2, 0.25) is 0 Å². The molecule has 0 spiro atoms. The lowest BCUT2D eigenvalue weighted by Crippen LogP contribution is -2.36. The van der Waals surface area contributed by atoms with E-state index < -0.39 is 0 Å². The van der Waals surface area contributed by atoms with Crippen molar-refractivity contribution in [3.8, 4) is 5.75 Å². The van der Waals surface area contributed by atoms with Gasteiger partial charge in [0.1, 0.15) is 11.6 Å². The highest BCUT2D eigenvalue weighted by molar-refractivity contribution is 6.07. The lowest BCUT2D eigenvalue weighted by molar-refractivity contribution is 0.102. The zero-order chi connectivity index (χ0) is 20.4. The van der Waals surface area contributed by atoms with Crippen LogP contribution in [0.3, 0.4) is 0 Å². The number of anilines is 2. The number of rotatable bonds is 4. The summed E-state index contributed by atoms with van der Waals surface area (Å²) in [6.07, 6.45) is 0. The third-order valence-corrected chi connectivity index (χ3v) is 5.01. The molecular weight excluding hydrogens is 373 g/mol. The first-order valence-electron chi connectivity index (χ1n) is 9.44. The number of ether oxygens (including phenoxy) is 2. The number of methoxy groups -OCH3 is 1. The molecule has 1 aliphatic rings. The first-order chi connectivity index (χ1) is 14.0. The molecule has 1 fully saturated rings. The van der Waals surface area contributed by atoms with Crippen LogP contribution in [0.1, 0.15) is 16.1 Å². The van der Waals surface area contributed by atoms with E-state index in [0.29, 0.717) is 54.7 Å². The molecule has 0 saturated carbocycles. The maximum absolute atomic E-state index is 14.6. The molecule has 1 N–H and O–H groups in total. The fraction of sp³-hybridized carbons (Fsp3) is 0.273. The monoisotopic (exact) mass is 395 g/mol. The molecule has 2 heterocycles. The van der Waals surface area contributed by atoms with E-state index in [2.05, 4.69) is 10.3 Å².